The number of para-hydroxylation sites is 1. The molecule has 7 heteroatoms. The lowest BCUT2D eigenvalue weighted by atomic mass is 9.91. The molecule has 3 unspecified atom stereocenters. The van der Waals surface area contributed by atoms with Gasteiger partial charge in [-0.2, -0.15) is 0 Å². The smallest absolute Gasteiger partial charge is 0.408 e. The first-order valence-corrected chi connectivity index (χ1v) is 16.4. The molecule has 0 fully saturated rings. The third-order valence-electron chi connectivity index (χ3n) is 8.29. The fourth-order valence-corrected chi connectivity index (χ4v) is 5.62. The van der Waals surface area contributed by atoms with Crippen LogP contribution < -0.4 is 10.6 Å². The molecule has 0 aliphatic carbocycles. The Balaban J connectivity index is 2.64. The van der Waals surface area contributed by atoms with Crippen molar-refractivity contribution in [3.05, 3.63) is 64.2 Å². The van der Waals surface area contributed by atoms with Crippen LogP contribution in [0.1, 0.15) is 120 Å². The van der Waals surface area contributed by atoms with Crippen LogP contribution >= 0.6 is 0 Å². The van der Waals surface area contributed by atoms with E-state index in [0.29, 0.717) is 13.0 Å². The predicted octanol–water partition coefficient (Wildman–Crippen LogP) is 8.73. The molecule has 0 aromatic heterocycles. The van der Waals surface area contributed by atoms with Gasteiger partial charge in [0.25, 0.3) is 5.91 Å². The van der Waals surface area contributed by atoms with Gasteiger partial charge in [0.05, 0.1) is 0 Å². The lowest BCUT2D eigenvalue weighted by Crippen LogP contribution is -2.55. The first kappa shape index (κ1) is 36.8. The van der Waals surface area contributed by atoms with Gasteiger partial charge in [0.15, 0.2) is 0 Å². The molecular weight excluding hydrogens is 550 g/mol. The van der Waals surface area contributed by atoms with E-state index in [-0.39, 0.29) is 17.7 Å². The minimum atomic E-state index is -0.884. The first-order valence-electron chi connectivity index (χ1n) is 16.4. The van der Waals surface area contributed by atoms with Crippen molar-refractivity contribution in [1.82, 2.24) is 10.2 Å². The number of anilines is 1. The Hall–Kier alpha value is -3.35. The predicted molar refractivity (Wildman–Crippen MR) is 181 cm³/mol. The zero-order chi connectivity index (χ0) is 33.0. The van der Waals surface area contributed by atoms with E-state index in [9.17, 15) is 14.4 Å². The van der Waals surface area contributed by atoms with Gasteiger partial charge in [0, 0.05) is 12.2 Å². The van der Waals surface area contributed by atoms with Gasteiger partial charge in [-0.1, -0.05) is 95.7 Å². The summed E-state index contributed by atoms with van der Waals surface area (Å²) in [5.74, 6) is -0.718. The fourth-order valence-electron chi connectivity index (χ4n) is 5.62. The Kier molecular flexibility index (Phi) is 14.4. The van der Waals surface area contributed by atoms with Crippen LogP contribution in [0.2, 0.25) is 0 Å². The Morgan fingerprint density at radius 2 is 1.34 bits per heavy atom. The molecule has 2 aromatic rings. The Labute approximate surface area is 266 Å². The number of aryl methyl sites for hydroxylation is 4. The van der Waals surface area contributed by atoms with Gasteiger partial charge >= 0.3 is 6.09 Å². The molecule has 244 valence electrons. The molecule has 0 bridgehead atoms. The molecular formula is C37H57N3O4. The molecule has 3 atom stereocenters. The van der Waals surface area contributed by atoms with Gasteiger partial charge in [0.1, 0.15) is 17.7 Å². The standard InChI is InChI=1S/C37H57N3O4/c1-11-13-14-15-16-17-24-40(35(42)32(25(3)12-2)39-36(43)44-37(8,9)10)33(30-26(4)20-18-21-27(30)5)34(41)38-31-28(6)22-19-23-29(31)7/h18-23,25,32-33H,11-17,24H2,1-10H3,(H,38,41)(H,39,43). The van der Waals surface area contributed by atoms with E-state index in [1.54, 1.807) is 25.7 Å². The number of nitrogens with one attached hydrogen (secondary N) is 2. The number of carbonyl (C=O) groups is 3. The number of hydrogen-bond acceptors (Lipinski definition) is 4. The van der Waals surface area contributed by atoms with E-state index in [1.807, 2.05) is 77.9 Å². The van der Waals surface area contributed by atoms with Crippen LogP contribution in [0.4, 0.5) is 10.5 Å². The molecule has 0 saturated heterocycles. The number of benzene rings is 2. The Morgan fingerprint density at radius 3 is 1.86 bits per heavy atom. The number of rotatable bonds is 15. The second-order valence-electron chi connectivity index (χ2n) is 13.3. The van der Waals surface area contributed by atoms with Gasteiger partial charge in [0.2, 0.25) is 5.91 Å². The van der Waals surface area contributed by atoms with Gasteiger partial charge in [-0.15, -0.1) is 0 Å². The second kappa shape index (κ2) is 17.2. The molecule has 0 aliphatic rings. The molecule has 0 saturated carbocycles. The summed E-state index contributed by atoms with van der Waals surface area (Å²) in [7, 11) is 0. The third-order valence-corrected chi connectivity index (χ3v) is 8.29. The number of nitrogens with zero attached hydrogens (tertiary/aromatic N) is 1. The van der Waals surface area contributed by atoms with Crippen LogP contribution in [-0.4, -0.2) is 41.0 Å². The maximum Gasteiger partial charge on any atom is 0.408 e. The average Bonchev–Trinajstić information content (AvgIpc) is 2.94. The van der Waals surface area contributed by atoms with Crippen molar-refractivity contribution in [3.8, 4) is 0 Å². The van der Waals surface area contributed by atoms with E-state index < -0.39 is 23.8 Å². The minimum absolute atomic E-state index is 0.178. The van der Waals surface area contributed by atoms with Gasteiger partial charge in [-0.05, 0) is 88.6 Å². The number of unbranched alkanes of at least 4 members (excludes halogenated alkanes) is 5. The number of carbonyl (C=O) groups excluding carboxylic acids is 3. The lowest BCUT2D eigenvalue weighted by Gasteiger charge is -2.37. The van der Waals surface area contributed by atoms with Crippen molar-refractivity contribution in [2.45, 2.75) is 132 Å². The molecule has 0 aliphatic heterocycles. The molecule has 0 heterocycles. The van der Waals surface area contributed by atoms with Crippen molar-refractivity contribution in [2.24, 2.45) is 5.92 Å². The van der Waals surface area contributed by atoms with Crippen LogP contribution in [0.3, 0.4) is 0 Å². The molecule has 0 spiro atoms. The normalized spacial score (nSPS) is 13.5. The fraction of sp³-hybridized carbons (Fsp3) is 0.595. The highest BCUT2D eigenvalue weighted by Crippen LogP contribution is 2.32. The average molecular weight is 608 g/mol. The first-order chi connectivity index (χ1) is 20.7. The summed E-state index contributed by atoms with van der Waals surface area (Å²) < 4.78 is 5.56. The third kappa shape index (κ3) is 10.7. The van der Waals surface area contributed by atoms with Gasteiger partial charge < -0.3 is 20.3 Å². The summed E-state index contributed by atoms with van der Waals surface area (Å²) in [6.07, 6.45) is 6.30. The quantitative estimate of drug-likeness (QED) is 0.198. The Morgan fingerprint density at radius 1 is 0.818 bits per heavy atom. The SMILES string of the molecule is CCCCCCCCN(C(=O)C(NC(=O)OC(C)(C)C)C(C)CC)C(C(=O)Nc1c(C)cccc1C)c1c(C)cccc1C. The number of amides is 3. The molecule has 3 amide bonds. The summed E-state index contributed by atoms with van der Waals surface area (Å²) in [5, 5.41) is 6.08. The molecule has 44 heavy (non-hydrogen) atoms. The van der Waals surface area contributed by atoms with Crippen LogP contribution in [0.5, 0.6) is 0 Å². The van der Waals surface area contributed by atoms with E-state index in [4.69, 9.17) is 4.74 Å². The highest BCUT2D eigenvalue weighted by atomic mass is 16.6. The Bertz CT molecular complexity index is 1210. The topological polar surface area (TPSA) is 87.7 Å². The molecule has 0 radical (unpaired) electrons. The minimum Gasteiger partial charge on any atom is -0.444 e. The number of ether oxygens (including phenoxy) is 1. The molecule has 7 nitrogen and oxygen atoms in total. The monoisotopic (exact) mass is 607 g/mol. The van der Waals surface area contributed by atoms with E-state index in [0.717, 1.165) is 65.6 Å². The molecule has 2 N–H and O–H groups in total. The summed E-state index contributed by atoms with van der Waals surface area (Å²) in [6, 6.07) is 10.1. The zero-order valence-corrected chi connectivity index (χ0v) is 28.9. The lowest BCUT2D eigenvalue weighted by molar-refractivity contribution is -0.142. The number of alkyl carbamates (subject to hydrolysis) is 1. The van der Waals surface area contributed by atoms with Crippen LogP contribution in [0, 0.1) is 33.6 Å². The van der Waals surface area contributed by atoms with Crippen molar-refractivity contribution < 1.29 is 19.1 Å². The maximum absolute atomic E-state index is 14.7. The highest BCUT2D eigenvalue weighted by molar-refractivity contribution is 6.00. The van der Waals surface area contributed by atoms with Crippen molar-refractivity contribution >= 4 is 23.6 Å². The van der Waals surface area contributed by atoms with E-state index >= 15 is 0 Å². The molecule has 2 rings (SSSR count). The highest BCUT2D eigenvalue weighted by Gasteiger charge is 2.39. The summed E-state index contributed by atoms with van der Waals surface area (Å²) in [4.78, 5) is 43.9. The number of hydrogen-bond donors (Lipinski definition) is 2. The van der Waals surface area contributed by atoms with Crippen molar-refractivity contribution in [1.29, 1.82) is 0 Å². The zero-order valence-electron chi connectivity index (χ0n) is 28.9. The summed E-state index contributed by atoms with van der Waals surface area (Å²) >= 11 is 0. The largest absolute Gasteiger partial charge is 0.444 e. The maximum atomic E-state index is 14.7. The summed E-state index contributed by atoms with van der Waals surface area (Å²) in [5.41, 5.74) is 4.65. The van der Waals surface area contributed by atoms with Crippen LogP contribution in [0.15, 0.2) is 36.4 Å². The van der Waals surface area contributed by atoms with Gasteiger partial charge in [-0.3, -0.25) is 9.59 Å². The van der Waals surface area contributed by atoms with Crippen molar-refractivity contribution in [2.75, 3.05) is 11.9 Å². The van der Waals surface area contributed by atoms with Crippen LogP contribution in [0.25, 0.3) is 0 Å². The van der Waals surface area contributed by atoms with Crippen LogP contribution in [-0.2, 0) is 14.3 Å². The van der Waals surface area contributed by atoms with Gasteiger partial charge in [-0.25, -0.2) is 4.79 Å². The summed E-state index contributed by atoms with van der Waals surface area (Å²) in [6.45, 7) is 19.8. The van der Waals surface area contributed by atoms with Crippen molar-refractivity contribution in [3.63, 3.8) is 0 Å². The molecule has 2 aromatic carbocycles. The second-order valence-corrected chi connectivity index (χ2v) is 13.3. The van der Waals surface area contributed by atoms with E-state index in [2.05, 4.69) is 17.6 Å². The van der Waals surface area contributed by atoms with E-state index in [1.165, 1.54) is 6.42 Å².